The summed E-state index contributed by atoms with van der Waals surface area (Å²) in [6.07, 6.45) is 3.46. The number of carbonyl (C=O) groups is 8. The minimum atomic E-state index is -1.58. The Hall–Kier alpha value is -7.16. The number of hydrogen-bond donors (Lipinski definition) is 9. The number of nitrogens with one attached hydrogen (secondary N) is 6. The van der Waals surface area contributed by atoms with Crippen LogP contribution in [0.3, 0.4) is 0 Å². The quantitative estimate of drug-likeness (QED) is 0.111. The van der Waals surface area contributed by atoms with Gasteiger partial charge >= 0.3 is 0 Å². The van der Waals surface area contributed by atoms with E-state index in [9.17, 15) is 33.6 Å². The summed E-state index contributed by atoms with van der Waals surface area (Å²) in [6, 6.07) is 6.76. The minimum Gasteiger partial charge on any atom is -0.370 e. The van der Waals surface area contributed by atoms with Crippen LogP contribution >= 0.6 is 0 Å². The number of nitrogens with zero attached hydrogens (tertiary/aromatic N) is 4. The van der Waals surface area contributed by atoms with Gasteiger partial charge in [0.25, 0.3) is 0 Å². The molecule has 2 aromatic heterocycles. The normalized spacial score (nSPS) is 24.6. The van der Waals surface area contributed by atoms with Crippen LogP contribution in [-0.2, 0) is 50.2 Å². The molecule has 3 unspecified atom stereocenters. The number of amides is 8. The van der Waals surface area contributed by atoms with E-state index >= 15 is 4.79 Å². The van der Waals surface area contributed by atoms with Gasteiger partial charge in [0, 0.05) is 48.6 Å². The average molecular weight is 952 g/mol. The van der Waals surface area contributed by atoms with Crippen molar-refractivity contribution >= 4 is 58.2 Å². The van der Waals surface area contributed by atoms with Gasteiger partial charge in [-0.3, -0.25) is 38.4 Å². The lowest BCUT2D eigenvalue weighted by molar-refractivity contribution is -0.143. The highest BCUT2D eigenvalue weighted by Gasteiger charge is 2.45. The molecule has 2 saturated heterocycles. The Morgan fingerprint density at radius 1 is 0.870 bits per heavy atom. The van der Waals surface area contributed by atoms with Crippen LogP contribution in [-0.4, -0.2) is 121 Å². The third-order valence-corrected chi connectivity index (χ3v) is 13.0. The number of fused-ring (bicyclic) bond motifs is 2. The molecule has 6 rings (SSSR count). The predicted octanol–water partition coefficient (Wildman–Crippen LogP) is 0.472. The Morgan fingerprint density at radius 3 is 2.25 bits per heavy atom. The van der Waals surface area contributed by atoms with Crippen molar-refractivity contribution in [3.63, 3.8) is 0 Å². The Kier molecular flexibility index (Phi) is 16.6. The monoisotopic (exact) mass is 952 g/mol. The molecule has 2 aromatic carbocycles. The summed E-state index contributed by atoms with van der Waals surface area (Å²) >= 11 is 0. The van der Waals surface area contributed by atoms with Crippen LogP contribution in [0.2, 0.25) is 0 Å². The molecule has 2 fully saturated rings. The van der Waals surface area contributed by atoms with Gasteiger partial charge in [-0.1, -0.05) is 88.7 Å². The summed E-state index contributed by atoms with van der Waals surface area (Å²) in [5, 5.41) is 23.1. The number of aromatic amines is 1. The van der Waals surface area contributed by atoms with Crippen LogP contribution in [0.25, 0.3) is 22.2 Å². The molecular formula is C48H65N13O8. The van der Waals surface area contributed by atoms with E-state index in [0.717, 1.165) is 22.0 Å². The summed E-state index contributed by atoms with van der Waals surface area (Å²) in [4.78, 5) is 114. The van der Waals surface area contributed by atoms with Gasteiger partial charge in [-0.2, -0.15) is 0 Å². The molecule has 0 aliphatic carbocycles. The van der Waals surface area contributed by atoms with Crippen molar-refractivity contribution in [1.29, 1.82) is 0 Å². The zero-order valence-corrected chi connectivity index (χ0v) is 39.8. The van der Waals surface area contributed by atoms with Gasteiger partial charge in [-0.25, -0.2) is 4.68 Å². The zero-order valence-electron chi connectivity index (χ0n) is 39.8. The van der Waals surface area contributed by atoms with Gasteiger partial charge in [-0.05, 0) is 47.8 Å². The van der Waals surface area contributed by atoms with E-state index in [0.29, 0.717) is 30.5 Å². The molecule has 4 heterocycles. The predicted molar refractivity (Wildman–Crippen MR) is 255 cm³/mol. The fourth-order valence-corrected chi connectivity index (χ4v) is 8.65. The van der Waals surface area contributed by atoms with E-state index in [-0.39, 0.29) is 37.8 Å². The lowest BCUT2D eigenvalue weighted by atomic mass is 9.86. The molecule has 69 heavy (non-hydrogen) atoms. The fourth-order valence-electron chi connectivity index (χ4n) is 8.65. The first kappa shape index (κ1) is 51.2. The minimum absolute atomic E-state index is 0.0147. The van der Waals surface area contributed by atoms with Gasteiger partial charge in [0.05, 0.1) is 31.1 Å². The maximum Gasteiger partial charge on any atom is 0.246 e. The van der Waals surface area contributed by atoms with E-state index in [1.165, 1.54) is 4.90 Å². The van der Waals surface area contributed by atoms with E-state index in [1.54, 1.807) is 30.9 Å². The van der Waals surface area contributed by atoms with Crippen molar-refractivity contribution in [2.24, 2.45) is 23.1 Å². The van der Waals surface area contributed by atoms with Crippen LogP contribution in [0.4, 0.5) is 0 Å². The second kappa shape index (κ2) is 22.3. The van der Waals surface area contributed by atoms with Crippen molar-refractivity contribution in [2.45, 2.75) is 134 Å². The Morgan fingerprint density at radius 2 is 1.57 bits per heavy atom. The molecule has 2 aliphatic heterocycles. The highest BCUT2D eigenvalue weighted by atomic mass is 16.2. The number of aromatic nitrogens is 4. The SMILES string of the molecule is CC[C@H](C)[C@@H]1NC(=O)C(CC(N)=O)NC(=O)[C@@H](N)CC(=O)NCCCCC(C(N)=O)NC(=O)[C@H](Cc2c[nH]c3ccccc23)NC(=O)[C@@H]2CC(n3cc(-c4ccc(C(C)(C)C)cc4)nn3)CN2C1=O. The topological polar surface area (TPSA) is 325 Å². The molecule has 370 valence electrons. The molecule has 8 atom stereocenters. The summed E-state index contributed by atoms with van der Waals surface area (Å²) in [7, 11) is 0. The first-order valence-corrected chi connectivity index (χ1v) is 23.4. The lowest BCUT2D eigenvalue weighted by Gasteiger charge is -2.33. The number of benzene rings is 2. The fraction of sp³-hybridized carbons (Fsp3) is 0.500. The van der Waals surface area contributed by atoms with Crippen molar-refractivity contribution in [2.75, 3.05) is 13.1 Å². The summed E-state index contributed by atoms with van der Waals surface area (Å²) in [5.74, 6) is -6.81. The standard InChI is InChI=1S/C48H65N13O8/c1-6-26(2)41-47(69)60-24-30(61-25-37(58-59-61)27-14-16-29(17-15-27)48(3,4)5)20-38(60)46(68)56-35(19-28-23-53-33-12-8-7-11-31(28)33)44(66)54-34(42(51)64)13-9-10-18-52-40(63)21-32(49)43(65)55-36(22-39(50)62)45(67)57-41/h7-8,11-12,14-17,23,25-26,30,32,34-36,38,41,53H,6,9-10,13,18-22,24,49H2,1-5H3,(H2,50,62)(H2,51,64)(H,52,63)(H,54,66)(H,55,65)(H,56,68)(H,57,67)/t26-,30?,32-,34?,35-,36?,38-,41-/m0/s1. The zero-order chi connectivity index (χ0) is 50.2. The van der Waals surface area contributed by atoms with Crippen LogP contribution in [0.5, 0.6) is 0 Å². The lowest BCUT2D eigenvalue weighted by Crippen LogP contribution is -2.60. The number of nitrogens with two attached hydrogens (primary N) is 3. The Balaban J connectivity index is 1.39. The molecule has 0 saturated carbocycles. The second-order valence-corrected chi connectivity index (χ2v) is 19.2. The summed E-state index contributed by atoms with van der Waals surface area (Å²) in [6.45, 7) is 9.92. The van der Waals surface area contributed by atoms with Crippen LogP contribution < -0.4 is 43.8 Å². The van der Waals surface area contributed by atoms with Crippen LogP contribution in [0, 0.1) is 5.92 Å². The van der Waals surface area contributed by atoms with Gasteiger partial charge in [0.1, 0.15) is 35.9 Å². The molecule has 2 aliphatic rings. The molecule has 21 heteroatoms. The van der Waals surface area contributed by atoms with E-state index < -0.39 is 108 Å². The van der Waals surface area contributed by atoms with Gasteiger partial charge < -0.3 is 53.7 Å². The van der Waals surface area contributed by atoms with Crippen LogP contribution in [0.1, 0.15) is 96.7 Å². The van der Waals surface area contributed by atoms with E-state index in [4.69, 9.17) is 17.2 Å². The molecule has 21 nitrogen and oxygen atoms in total. The van der Waals surface area contributed by atoms with E-state index in [1.807, 2.05) is 48.5 Å². The molecule has 0 bridgehead atoms. The number of para-hydroxylation sites is 1. The van der Waals surface area contributed by atoms with Crippen LogP contribution in [0.15, 0.2) is 60.9 Å². The third kappa shape index (κ3) is 12.9. The van der Waals surface area contributed by atoms with E-state index in [2.05, 4.69) is 62.7 Å². The Labute approximate surface area is 400 Å². The average Bonchev–Trinajstić information content (AvgIpc) is 4.08. The maximum atomic E-state index is 15.1. The third-order valence-electron chi connectivity index (χ3n) is 13.0. The van der Waals surface area contributed by atoms with Crippen molar-refractivity contribution in [1.82, 2.24) is 51.5 Å². The van der Waals surface area contributed by atoms with Gasteiger partial charge in [-0.15, -0.1) is 5.10 Å². The highest BCUT2D eigenvalue weighted by molar-refractivity contribution is 5.99. The van der Waals surface area contributed by atoms with Crippen molar-refractivity contribution < 1.29 is 38.4 Å². The number of carbonyl (C=O) groups excluding carboxylic acids is 8. The highest BCUT2D eigenvalue weighted by Crippen LogP contribution is 2.32. The summed E-state index contributed by atoms with van der Waals surface area (Å²) < 4.78 is 1.59. The number of H-pyrrole nitrogens is 1. The smallest absolute Gasteiger partial charge is 0.246 e. The molecule has 4 aromatic rings. The molecule has 12 N–H and O–H groups in total. The van der Waals surface area contributed by atoms with Crippen molar-refractivity contribution in [3.05, 3.63) is 72.1 Å². The van der Waals surface area contributed by atoms with Gasteiger partial charge in [0.2, 0.25) is 47.3 Å². The number of rotatable bonds is 9. The number of primary amides is 2. The first-order chi connectivity index (χ1) is 32.7. The molecule has 8 amide bonds. The first-order valence-electron chi connectivity index (χ1n) is 23.4. The maximum absolute atomic E-state index is 15.1. The molecule has 0 spiro atoms. The van der Waals surface area contributed by atoms with Crippen molar-refractivity contribution in [3.8, 4) is 11.3 Å². The summed E-state index contributed by atoms with van der Waals surface area (Å²) in [5.41, 5.74) is 21.3. The van der Waals surface area contributed by atoms with Gasteiger partial charge in [0.15, 0.2) is 0 Å². The second-order valence-electron chi connectivity index (χ2n) is 19.2. The Bertz CT molecular complexity index is 2530. The largest absolute Gasteiger partial charge is 0.370 e. The molecular weight excluding hydrogens is 887 g/mol. The number of hydrogen-bond acceptors (Lipinski definition) is 11. The molecule has 0 radical (unpaired) electrons.